The largest absolute Gasteiger partial charge is 0.467 e. The van der Waals surface area contributed by atoms with E-state index in [1.54, 1.807) is 7.05 Å². The molecule has 0 radical (unpaired) electrons. The summed E-state index contributed by atoms with van der Waals surface area (Å²) in [4.78, 5) is 41.3. The highest BCUT2D eigenvalue weighted by Crippen LogP contribution is 2.22. The van der Waals surface area contributed by atoms with Crippen LogP contribution in [0.25, 0.3) is 0 Å². The minimum absolute atomic E-state index is 0.116. The van der Waals surface area contributed by atoms with Gasteiger partial charge in [0.05, 0.1) is 7.11 Å². The van der Waals surface area contributed by atoms with Crippen LogP contribution in [0.3, 0.4) is 0 Å². The molecule has 0 bridgehead atoms. The third-order valence-corrected chi connectivity index (χ3v) is 5.53. The number of amides is 2. The maximum absolute atomic E-state index is 13.5. The molecule has 2 aromatic rings. The number of likely N-dealkylation sites (N-methyl/N-ethyl adjacent to an activating group) is 1. The molecule has 2 atom stereocenters. The molecule has 1 heterocycles. The number of methoxy groups -OCH3 is 1. The summed E-state index contributed by atoms with van der Waals surface area (Å²) >= 11 is 0. The van der Waals surface area contributed by atoms with E-state index in [4.69, 9.17) is 9.47 Å². The fourth-order valence-corrected chi connectivity index (χ4v) is 3.78. The average Bonchev–Trinajstić information content (AvgIpc) is 3.31. The van der Waals surface area contributed by atoms with E-state index in [1.807, 2.05) is 60.7 Å². The molecule has 0 unspecified atom stereocenters. The van der Waals surface area contributed by atoms with Gasteiger partial charge in [-0.15, -0.1) is 0 Å². The van der Waals surface area contributed by atoms with E-state index >= 15 is 0 Å². The normalized spacial score (nSPS) is 16.5. The number of carbonyl (C=O) groups excluding carboxylic acids is 3. The topological polar surface area (TPSA) is 76.2 Å². The fourth-order valence-electron chi connectivity index (χ4n) is 3.78. The number of benzene rings is 2. The SMILES string of the molecule is COC(=O)[C@@H]1CCCN1C(=O)[C@H](Cc1ccccc1)N(C)C(=O)OCc1ccccc1. The molecule has 1 aliphatic heterocycles. The highest BCUT2D eigenvalue weighted by atomic mass is 16.6. The van der Waals surface area contributed by atoms with Crippen molar-refractivity contribution in [2.75, 3.05) is 20.7 Å². The Morgan fingerprint density at radius 3 is 2.26 bits per heavy atom. The molecule has 0 saturated carbocycles. The summed E-state index contributed by atoms with van der Waals surface area (Å²) in [5.41, 5.74) is 1.78. The van der Waals surface area contributed by atoms with Crippen molar-refractivity contribution in [1.82, 2.24) is 9.80 Å². The van der Waals surface area contributed by atoms with Crippen LogP contribution < -0.4 is 0 Å². The Kier molecular flexibility index (Phi) is 7.65. The first-order valence-corrected chi connectivity index (χ1v) is 10.4. The summed E-state index contributed by atoms with van der Waals surface area (Å²) in [6, 6.07) is 17.4. The maximum Gasteiger partial charge on any atom is 0.410 e. The number of ether oxygens (including phenoxy) is 2. The Labute approximate surface area is 182 Å². The Bertz CT molecular complexity index is 887. The number of carbonyl (C=O) groups is 3. The van der Waals surface area contributed by atoms with E-state index in [1.165, 1.54) is 16.9 Å². The number of rotatable bonds is 7. The van der Waals surface area contributed by atoms with E-state index in [0.29, 0.717) is 25.8 Å². The quantitative estimate of drug-likeness (QED) is 0.639. The van der Waals surface area contributed by atoms with E-state index in [-0.39, 0.29) is 12.5 Å². The summed E-state index contributed by atoms with van der Waals surface area (Å²) < 4.78 is 10.3. The first-order chi connectivity index (χ1) is 15.0. The summed E-state index contributed by atoms with van der Waals surface area (Å²) in [6.07, 6.45) is 0.998. The number of esters is 1. The van der Waals surface area contributed by atoms with Crippen molar-refractivity contribution in [3.8, 4) is 0 Å². The molecule has 3 rings (SSSR count). The number of nitrogens with zero attached hydrogens (tertiary/aromatic N) is 2. The second-order valence-electron chi connectivity index (χ2n) is 7.57. The Morgan fingerprint density at radius 2 is 1.65 bits per heavy atom. The molecule has 31 heavy (non-hydrogen) atoms. The summed E-state index contributed by atoms with van der Waals surface area (Å²) in [5.74, 6) is -0.713. The fraction of sp³-hybridized carbons (Fsp3) is 0.375. The van der Waals surface area contributed by atoms with Crippen molar-refractivity contribution in [3.63, 3.8) is 0 Å². The van der Waals surface area contributed by atoms with E-state index < -0.39 is 24.1 Å². The van der Waals surface area contributed by atoms with Crippen LogP contribution in [0, 0.1) is 0 Å². The van der Waals surface area contributed by atoms with Crippen molar-refractivity contribution in [1.29, 1.82) is 0 Å². The summed E-state index contributed by atoms with van der Waals surface area (Å²) in [5, 5.41) is 0. The van der Waals surface area contributed by atoms with Crippen LogP contribution in [-0.2, 0) is 32.1 Å². The maximum atomic E-state index is 13.5. The van der Waals surface area contributed by atoms with Crippen LogP contribution in [0.4, 0.5) is 4.79 Å². The highest BCUT2D eigenvalue weighted by molar-refractivity contribution is 5.90. The van der Waals surface area contributed by atoms with E-state index in [9.17, 15) is 14.4 Å². The first-order valence-electron chi connectivity index (χ1n) is 10.4. The van der Waals surface area contributed by atoms with Crippen LogP contribution in [0.2, 0.25) is 0 Å². The zero-order valence-electron chi connectivity index (χ0n) is 17.9. The van der Waals surface area contributed by atoms with Crippen molar-refractivity contribution in [2.45, 2.75) is 38.0 Å². The minimum atomic E-state index is -0.795. The monoisotopic (exact) mass is 424 g/mol. The van der Waals surface area contributed by atoms with Gasteiger partial charge in [0, 0.05) is 20.0 Å². The Morgan fingerprint density at radius 1 is 1.03 bits per heavy atom. The molecule has 0 aromatic heterocycles. The van der Waals surface area contributed by atoms with Gasteiger partial charge >= 0.3 is 12.1 Å². The summed E-state index contributed by atoms with van der Waals surface area (Å²) in [7, 11) is 2.87. The van der Waals surface area contributed by atoms with Gasteiger partial charge in [0.2, 0.25) is 5.91 Å². The predicted molar refractivity (Wildman–Crippen MR) is 115 cm³/mol. The van der Waals surface area contributed by atoms with Gasteiger partial charge in [-0.3, -0.25) is 9.69 Å². The van der Waals surface area contributed by atoms with Crippen molar-refractivity contribution in [2.24, 2.45) is 0 Å². The molecule has 7 nitrogen and oxygen atoms in total. The van der Waals surface area contributed by atoms with Gasteiger partial charge < -0.3 is 14.4 Å². The van der Waals surface area contributed by atoms with Crippen molar-refractivity contribution in [3.05, 3.63) is 71.8 Å². The Balaban J connectivity index is 1.77. The zero-order valence-corrected chi connectivity index (χ0v) is 17.9. The number of hydrogen-bond donors (Lipinski definition) is 0. The second-order valence-corrected chi connectivity index (χ2v) is 7.57. The molecule has 0 N–H and O–H groups in total. The lowest BCUT2D eigenvalue weighted by Crippen LogP contribution is -2.53. The second kappa shape index (κ2) is 10.6. The van der Waals surface area contributed by atoms with E-state index in [0.717, 1.165) is 11.1 Å². The van der Waals surface area contributed by atoms with Gasteiger partial charge in [0.15, 0.2) is 0 Å². The lowest BCUT2D eigenvalue weighted by atomic mass is 10.0. The zero-order chi connectivity index (χ0) is 22.2. The van der Waals surface area contributed by atoms with Crippen LogP contribution in [0.15, 0.2) is 60.7 Å². The van der Waals surface area contributed by atoms with Gasteiger partial charge in [-0.25, -0.2) is 9.59 Å². The summed E-state index contributed by atoms with van der Waals surface area (Å²) in [6.45, 7) is 0.571. The van der Waals surface area contributed by atoms with Crippen LogP contribution >= 0.6 is 0 Å². The predicted octanol–water partition coefficient (Wildman–Crippen LogP) is 3.03. The standard InChI is InChI=1S/C24H28N2O5/c1-25(24(29)31-17-19-12-7-4-8-13-19)21(16-18-10-5-3-6-11-18)22(27)26-15-9-14-20(26)23(28)30-2/h3-8,10-13,20-21H,9,14-17H2,1-2H3/t20-,21-/m0/s1. The molecule has 1 saturated heterocycles. The van der Waals surface area contributed by atoms with Gasteiger partial charge in [-0.1, -0.05) is 60.7 Å². The van der Waals surface area contributed by atoms with Crippen LogP contribution in [0.1, 0.15) is 24.0 Å². The number of hydrogen-bond acceptors (Lipinski definition) is 5. The molecule has 0 aliphatic carbocycles. The number of likely N-dealkylation sites (tertiary alicyclic amines) is 1. The van der Waals surface area contributed by atoms with E-state index in [2.05, 4.69) is 0 Å². The third-order valence-electron chi connectivity index (χ3n) is 5.53. The highest BCUT2D eigenvalue weighted by Gasteiger charge is 2.40. The van der Waals surface area contributed by atoms with Gasteiger partial charge in [0.1, 0.15) is 18.7 Å². The van der Waals surface area contributed by atoms with Crippen LogP contribution in [0.5, 0.6) is 0 Å². The molecular formula is C24H28N2O5. The van der Waals surface area contributed by atoms with Crippen molar-refractivity contribution < 1.29 is 23.9 Å². The molecule has 2 amide bonds. The molecule has 1 fully saturated rings. The third kappa shape index (κ3) is 5.63. The molecule has 2 aromatic carbocycles. The smallest absolute Gasteiger partial charge is 0.410 e. The first kappa shape index (κ1) is 22.3. The average molecular weight is 424 g/mol. The molecular weight excluding hydrogens is 396 g/mol. The Hall–Kier alpha value is -3.35. The lowest BCUT2D eigenvalue weighted by Gasteiger charge is -2.32. The van der Waals surface area contributed by atoms with Crippen LogP contribution in [-0.4, -0.2) is 60.6 Å². The van der Waals surface area contributed by atoms with Gasteiger partial charge in [-0.2, -0.15) is 0 Å². The van der Waals surface area contributed by atoms with Crippen molar-refractivity contribution >= 4 is 18.0 Å². The lowest BCUT2D eigenvalue weighted by molar-refractivity contribution is -0.152. The molecule has 0 spiro atoms. The van der Waals surface area contributed by atoms with Gasteiger partial charge in [0.25, 0.3) is 0 Å². The molecule has 1 aliphatic rings. The van der Waals surface area contributed by atoms with Gasteiger partial charge in [-0.05, 0) is 24.0 Å². The molecule has 164 valence electrons. The molecule has 7 heteroatoms. The minimum Gasteiger partial charge on any atom is -0.467 e.